The average Bonchev–Trinajstić information content (AvgIpc) is 2.77. The third-order valence-electron chi connectivity index (χ3n) is 3.00. The molecule has 1 saturated carbocycles. The summed E-state index contributed by atoms with van der Waals surface area (Å²) in [6, 6.07) is 5.20. The zero-order valence-electron chi connectivity index (χ0n) is 9.65. The van der Waals surface area contributed by atoms with Gasteiger partial charge in [-0.25, -0.2) is 4.98 Å². The number of hydrogen-bond acceptors (Lipinski definition) is 3. The Kier molecular flexibility index (Phi) is 3.97. The molecule has 1 fully saturated rings. The van der Waals surface area contributed by atoms with Gasteiger partial charge in [-0.3, -0.25) is 4.79 Å². The van der Waals surface area contributed by atoms with E-state index in [1.165, 1.54) is 0 Å². The molecular formula is C12H15ClN2O2. The van der Waals surface area contributed by atoms with Crippen LogP contribution in [0.3, 0.4) is 0 Å². The van der Waals surface area contributed by atoms with Crippen LogP contribution in [0.25, 0.3) is 0 Å². The predicted molar refractivity (Wildman–Crippen MR) is 65.1 cm³/mol. The van der Waals surface area contributed by atoms with Crippen molar-refractivity contribution < 1.29 is 9.53 Å². The largest absolute Gasteiger partial charge is 0.381 e. The molecule has 2 rings (SSSR count). The van der Waals surface area contributed by atoms with Gasteiger partial charge in [-0.15, -0.1) is 0 Å². The Morgan fingerprint density at radius 1 is 1.53 bits per heavy atom. The van der Waals surface area contributed by atoms with E-state index in [9.17, 15) is 4.79 Å². The van der Waals surface area contributed by atoms with Crippen LogP contribution in [0, 0.1) is 0 Å². The summed E-state index contributed by atoms with van der Waals surface area (Å²) in [7, 11) is 1.70. The number of ether oxygens (including phenoxy) is 1. The quantitative estimate of drug-likeness (QED) is 0.840. The van der Waals surface area contributed by atoms with E-state index < -0.39 is 0 Å². The number of nitrogens with zero attached hydrogens (tertiary/aromatic N) is 1. The van der Waals surface area contributed by atoms with Crippen LogP contribution in [0.1, 0.15) is 29.8 Å². The molecular weight excluding hydrogens is 240 g/mol. The Labute approximate surface area is 105 Å². The molecule has 0 saturated heterocycles. The molecule has 17 heavy (non-hydrogen) atoms. The molecule has 4 nitrogen and oxygen atoms in total. The lowest BCUT2D eigenvalue weighted by atomic mass is 10.2. The number of carbonyl (C=O) groups excluding carboxylic acids is 1. The number of aromatic nitrogens is 1. The molecule has 1 aromatic rings. The maximum absolute atomic E-state index is 11.9. The minimum absolute atomic E-state index is 0.172. The van der Waals surface area contributed by atoms with Gasteiger partial charge < -0.3 is 10.1 Å². The van der Waals surface area contributed by atoms with E-state index in [1.807, 2.05) is 0 Å². The van der Waals surface area contributed by atoms with Crippen molar-refractivity contribution in [1.29, 1.82) is 0 Å². The van der Waals surface area contributed by atoms with Crippen LogP contribution in [0.4, 0.5) is 0 Å². The van der Waals surface area contributed by atoms with Crippen LogP contribution in [0.5, 0.6) is 0 Å². The van der Waals surface area contributed by atoms with Crippen molar-refractivity contribution in [1.82, 2.24) is 10.3 Å². The summed E-state index contributed by atoms with van der Waals surface area (Å²) in [5, 5.41) is 3.28. The first-order chi connectivity index (χ1) is 8.19. The van der Waals surface area contributed by atoms with E-state index in [-0.39, 0.29) is 18.1 Å². The molecule has 0 aliphatic heterocycles. The number of nitrogens with one attached hydrogen (secondary N) is 1. The topological polar surface area (TPSA) is 51.2 Å². The van der Waals surface area contributed by atoms with Crippen molar-refractivity contribution in [3.8, 4) is 0 Å². The summed E-state index contributed by atoms with van der Waals surface area (Å²) < 4.78 is 5.26. The zero-order chi connectivity index (χ0) is 12.3. The lowest BCUT2D eigenvalue weighted by Gasteiger charge is -2.12. The maximum atomic E-state index is 11.9. The molecule has 1 amide bonds. The van der Waals surface area contributed by atoms with Crippen LogP contribution in [0.15, 0.2) is 18.2 Å². The monoisotopic (exact) mass is 254 g/mol. The Hall–Kier alpha value is -1.13. The second-order valence-electron chi connectivity index (χ2n) is 4.19. The predicted octanol–water partition coefficient (Wildman–Crippen LogP) is 2.03. The van der Waals surface area contributed by atoms with Crippen molar-refractivity contribution in [2.24, 2.45) is 0 Å². The third kappa shape index (κ3) is 3.17. The van der Waals surface area contributed by atoms with Gasteiger partial charge in [0.15, 0.2) is 0 Å². The molecule has 0 bridgehead atoms. The number of halogens is 1. The first-order valence-corrected chi connectivity index (χ1v) is 6.03. The van der Waals surface area contributed by atoms with Crippen molar-refractivity contribution in [2.45, 2.75) is 31.4 Å². The molecule has 0 spiro atoms. The lowest BCUT2D eigenvalue weighted by Crippen LogP contribution is -2.33. The Morgan fingerprint density at radius 3 is 3.00 bits per heavy atom. The lowest BCUT2D eigenvalue weighted by molar-refractivity contribution is 0.0910. The second kappa shape index (κ2) is 5.47. The average molecular weight is 255 g/mol. The van der Waals surface area contributed by atoms with E-state index >= 15 is 0 Å². The molecule has 1 aromatic heterocycles. The highest BCUT2D eigenvalue weighted by molar-refractivity contribution is 6.29. The number of pyridine rings is 1. The van der Waals surface area contributed by atoms with Gasteiger partial charge >= 0.3 is 0 Å². The number of carbonyl (C=O) groups is 1. The van der Waals surface area contributed by atoms with Gasteiger partial charge in [0.05, 0.1) is 6.10 Å². The van der Waals surface area contributed by atoms with Gasteiger partial charge in [-0.1, -0.05) is 17.7 Å². The summed E-state index contributed by atoms with van der Waals surface area (Å²) in [4.78, 5) is 15.9. The van der Waals surface area contributed by atoms with Crippen molar-refractivity contribution in [3.05, 3.63) is 29.0 Å². The fourth-order valence-corrected chi connectivity index (χ4v) is 2.24. The zero-order valence-corrected chi connectivity index (χ0v) is 10.4. The fraction of sp³-hybridized carbons (Fsp3) is 0.500. The van der Waals surface area contributed by atoms with Crippen LogP contribution in [-0.4, -0.2) is 30.1 Å². The SMILES string of the molecule is COC1CCC(NC(=O)c2cccc(Cl)n2)C1. The summed E-state index contributed by atoms with van der Waals surface area (Å²) in [6.45, 7) is 0. The minimum atomic E-state index is -0.172. The van der Waals surface area contributed by atoms with Crippen LogP contribution in [-0.2, 0) is 4.74 Å². The highest BCUT2D eigenvalue weighted by Gasteiger charge is 2.26. The van der Waals surface area contributed by atoms with E-state index in [0.29, 0.717) is 10.8 Å². The van der Waals surface area contributed by atoms with Crippen LogP contribution in [0.2, 0.25) is 5.15 Å². The molecule has 2 atom stereocenters. The minimum Gasteiger partial charge on any atom is -0.381 e. The summed E-state index contributed by atoms with van der Waals surface area (Å²) in [5.74, 6) is -0.172. The Balaban J connectivity index is 1.94. The van der Waals surface area contributed by atoms with Gasteiger partial charge in [0, 0.05) is 13.2 Å². The van der Waals surface area contributed by atoms with E-state index in [1.54, 1.807) is 25.3 Å². The standard InChI is InChI=1S/C12H15ClN2O2/c1-17-9-6-5-8(7-9)14-12(16)10-3-2-4-11(13)15-10/h2-4,8-9H,5-7H2,1H3,(H,14,16). The molecule has 0 radical (unpaired) electrons. The number of methoxy groups -OCH3 is 1. The van der Waals surface area contributed by atoms with Crippen LogP contribution >= 0.6 is 11.6 Å². The van der Waals surface area contributed by atoms with E-state index in [4.69, 9.17) is 16.3 Å². The molecule has 2 unspecified atom stereocenters. The summed E-state index contributed by atoms with van der Waals surface area (Å²) in [6.07, 6.45) is 3.06. The number of amides is 1. The highest BCUT2D eigenvalue weighted by atomic mass is 35.5. The Morgan fingerprint density at radius 2 is 2.35 bits per heavy atom. The van der Waals surface area contributed by atoms with Crippen molar-refractivity contribution in [3.63, 3.8) is 0 Å². The maximum Gasteiger partial charge on any atom is 0.270 e. The van der Waals surface area contributed by atoms with Crippen molar-refractivity contribution in [2.75, 3.05) is 7.11 Å². The van der Waals surface area contributed by atoms with E-state index in [2.05, 4.69) is 10.3 Å². The van der Waals surface area contributed by atoms with Gasteiger partial charge in [-0.2, -0.15) is 0 Å². The highest BCUT2D eigenvalue weighted by Crippen LogP contribution is 2.21. The number of hydrogen-bond donors (Lipinski definition) is 1. The molecule has 1 N–H and O–H groups in total. The smallest absolute Gasteiger partial charge is 0.270 e. The molecule has 0 aromatic carbocycles. The number of rotatable bonds is 3. The summed E-state index contributed by atoms with van der Waals surface area (Å²) >= 11 is 5.74. The van der Waals surface area contributed by atoms with Gasteiger partial charge in [0.25, 0.3) is 5.91 Å². The van der Waals surface area contributed by atoms with E-state index in [0.717, 1.165) is 19.3 Å². The molecule has 92 valence electrons. The Bertz CT molecular complexity index is 411. The molecule has 1 heterocycles. The first-order valence-electron chi connectivity index (χ1n) is 5.65. The first kappa shape index (κ1) is 12.3. The molecule has 1 aliphatic rings. The normalized spacial score (nSPS) is 23.6. The fourth-order valence-electron chi connectivity index (χ4n) is 2.08. The van der Waals surface area contributed by atoms with Crippen molar-refractivity contribution >= 4 is 17.5 Å². The summed E-state index contributed by atoms with van der Waals surface area (Å²) in [5.41, 5.74) is 0.360. The molecule has 1 aliphatic carbocycles. The van der Waals surface area contributed by atoms with Gasteiger partial charge in [0.2, 0.25) is 0 Å². The molecule has 5 heteroatoms. The van der Waals surface area contributed by atoms with Gasteiger partial charge in [0.1, 0.15) is 10.8 Å². The third-order valence-corrected chi connectivity index (χ3v) is 3.21. The van der Waals surface area contributed by atoms with Crippen LogP contribution < -0.4 is 5.32 Å². The second-order valence-corrected chi connectivity index (χ2v) is 4.57. The van der Waals surface area contributed by atoms with Gasteiger partial charge in [-0.05, 0) is 31.4 Å².